The first kappa shape index (κ1) is 36.8. The van der Waals surface area contributed by atoms with Gasteiger partial charge in [0, 0.05) is 13.0 Å². The van der Waals surface area contributed by atoms with E-state index in [1.807, 2.05) is 0 Å². The number of fused-ring (bicyclic) bond motifs is 5. The van der Waals surface area contributed by atoms with Gasteiger partial charge in [-0.15, -0.1) is 0 Å². The van der Waals surface area contributed by atoms with Crippen molar-refractivity contribution >= 4 is 19.7 Å². The molecule has 4 saturated carbocycles. The van der Waals surface area contributed by atoms with Crippen molar-refractivity contribution < 1.29 is 38.5 Å². The van der Waals surface area contributed by atoms with Crippen molar-refractivity contribution in [2.45, 2.75) is 143 Å². The van der Waals surface area contributed by atoms with Crippen molar-refractivity contribution in [3.05, 3.63) is 0 Å². The largest absolute Gasteiger partial charge is 0.481 e. The Balaban J connectivity index is 1.22. The van der Waals surface area contributed by atoms with Crippen LogP contribution in [0.2, 0.25) is 0 Å². The third kappa shape index (κ3) is 8.93. The first-order chi connectivity index (χ1) is 21.2. The van der Waals surface area contributed by atoms with E-state index in [1.54, 1.807) is 0 Å². The van der Waals surface area contributed by atoms with E-state index in [9.17, 15) is 24.2 Å². The SMILES string of the molecule is CC(C)CCC[C@@H](C)[C@H]1CCC2C3CCC4C[C@@H](OCCCOP(=O)(O)N[C@H](CCC(=O)O)C(=O)O)CC[C@]4(C)C3CC[C@@]21C. The van der Waals surface area contributed by atoms with Gasteiger partial charge in [-0.25, -0.2) is 9.65 Å². The zero-order chi connectivity index (χ0) is 33.0. The summed E-state index contributed by atoms with van der Waals surface area (Å²) in [6.07, 6.45) is 15.6. The van der Waals surface area contributed by atoms with E-state index in [0.717, 1.165) is 48.3 Å². The van der Waals surface area contributed by atoms with E-state index in [2.05, 4.69) is 39.7 Å². The molecule has 4 N–H and O–H groups in total. The zero-order valence-corrected chi connectivity index (χ0v) is 29.4. The molecular formula is C35H62NO8P. The van der Waals surface area contributed by atoms with Gasteiger partial charge in [0.2, 0.25) is 0 Å². The smallest absolute Gasteiger partial charge is 0.403 e. The van der Waals surface area contributed by atoms with Crippen LogP contribution in [0.25, 0.3) is 0 Å². The molecule has 4 aliphatic carbocycles. The number of carboxylic acids is 2. The maximum absolute atomic E-state index is 12.3. The Morgan fingerprint density at radius 3 is 2.29 bits per heavy atom. The molecule has 0 amide bonds. The molecule has 11 atom stereocenters. The Labute approximate surface area is 271 Å². The number of rotatable bonds is 17. The zero-order valence-electron chi connectivity index (χ0n) is 28.5. The third-order valence-electron chi connectivity index (χ3n) is 13.0. The van der Waals surface area contributed by atoms with E-state index < -0.39 is 32.1 Å². The number of hydrogen-bond acceptors (Lipinski definition) is 5. The van der Waals surface area contributed by atoms with Gasteiger partial charge in [0.15, 0.2) is 0 Å². The highest BCUT2D eigenvalue weighted by Gasteiger charge is 2.60. The van der Waals surface area contributed by atoms with Gasteiger partial charge in [0.1, 0.15) is 6.04 Å². The Morgan fingerprint density at radius 1 is 0.889 bits per heavy atom. The minimum absolute atomic E-state index is 0.0544. The number of carboxylic acid groups (broad SMARTS) is 2. The van der Waals surface area contributed by atoms with E-state index in [1.165, 1.54) is 64.2 Å². The Morgan fingerprint density at radius 2 is 1.60 bits per heavy atom. The van der Waals surface area contributed by atoms with Crippen molar-refractivity contribution in [3.8, 4) is 0 Å². The van der Waals surface area contributed by atoms with Crippen LogP contribution >= 0.6 is 7.75 Å². The van der Waals surface area contributed by atoms with Crippen LogP contribution in [0.3, 0.4) is 0 Å². The monoisotopic (exact) mass is 655 g/mol. The molecular weight excluding hydrogens is 593 g/mol. The minimum atomic E-state index is -4.39. The normalized spacial score (nSPS) is 37.2. The van der Waals surface area contributed by atoms with Crippen LogP contribution in [0.5, 0.6) is 0 Å². The molecule has 0 bridgehead atoms. The molecule has 0 aliphatic heterocycles. The van der Waals surface area contributed by atoms with Crippen LogP contribution in [0.4, 0.5) is 0 Å². The molecule has 5 unspecified atom stereocenters. The van der Waals surface area contributed by atoms with E-state index in [-0.39, 0.29) is 19.1 Å². The topological polar surface area (TPSA) is 142 Å². The second-order valence-electron chi connectivity index (χ2n) is 16.1. The van der Waals surface area contributed by atoms with Gasteiger partial charge in [-0.05, 0) is 123 Å². The van der Waals surface area contributed by atoms with Gasteiger partial charge in [0.25, 0.3) is 0 Å². The van der Waals surface area contributed by atoms with E-state index in [4.69, 9.17) is 14.4 Å². The molecule has 9 nitrogen and oxygen atoms in total. The molecule has 4 aliphatic rings. The van der Waals surface area contributed by atoms with Crippen molar-refractivity contribution in [3.63, 3.8) is 0 Å². The third-order valence-corrected chi connectivity index (χ3v) is 14.2. The highest BCUT2D eigenvalue weighted by atomic mass is 31.2. The molecule has 45 heavy (non-hydrogen) atoms. The van der Waals surface area contributed by atoms with Crippen molar-refractivity contribution in [2.75, 3.05) is 13.2 Å². The van der Waals surface area contributed by atoms with Crippen molar-refractivity contribution in [2.24, 2.45) is 52.3 Å². The summed E-state index contributed by atoms with van der Waals surface area (Å²) < 4.78 is 23.6. The van der Waals surface area contributed by atoms with Crippen LogP contribution < -0.4 is 5.09 Å². The summed E-state index contributed by atoms with van der Waals surface area (Å²) in [7, 11) is -4.39. The summed E-state index contributed by atoms with van der Waals surface area (Å²) in [5, 5.41) is 20.1. The molecule has 0 radical (unpaired) electrons. The average Bonchev–Trinajstić information content (AvgIpc) is 3.32. The van der Waals surface area contributed by atoms with Gasteiger partial charge in [-0.1, -0.05) is 53.9 Å². The van der Waals surface area contributed by atoms with Crippen LogP contribution in [-0.4, -0.2) is 52.4 Å². The summed E-state index contributed by atoms with van der Waals surface area (Å²) in [5.74, 6) is 3.24. The lowest BCUT2D eigenvalue weighted by molar-refractivity contribution is -0.140. The minimum Gasteiger partial charge on any atom is -0.481 e. The van der Waals surface area contributed by atoms with Crippen LogP contribution in [0, 0.1) is 52.3 Å². The first-order valence-electron chi connectivity index (χ1n) is 18.0. The lowest BCUT2D eigenvalue weighted by Crippen LogP contribution is -2.54. The highest BCUT2D eigenvalue weighted by Crippen LogP contribution is 2.68. The molecule has 0 saturated heterocycles. The molecule has 4 rings (SSSR count). The number of ether oxygens (including phenoxy) is 1. The number of carbonyl (C=O) groups is 2. The van der Waals surface area contributed by atoms with Gasteiger partial charge in [-0.3, -0.25) is 14.1 Å². The lowest BCUT2D eigenvalue weighted by Gasteiger charge is -2.61. The highest BCUT2D eigenvalue weighted by molar-refractivity contribution is 7.50. The van der Waals surface area contributed by atoms with Crippen molar-refractivity contribution in [1.29, 1.82) is 0 Å². The molecule has 10 heteroatoms. The molecule has 0 aromatic carbocycles. The van der Waals surface area contributed by atoms with E-state index in [0.29, 0.717) is 29.8 Å². The number of nitrogens with one attached hydrogen (secondary N) is 1. The molecule has 4 fully saturated rings. The number of hydrogen-bond donors (Lipinski definition) is 4. The van der Waals surface area contributed by atoms with Gasteiger partial charge >= 0.3 is 19.7 Å². The second-order valence-corrected chi connectivity index (χ2v) is 17.7. The first-order valence-corrected chi connectivity index (χ1v) is 19.6. The summed E-state index contributed by atoms with van der Waals surface area (Å²) in [4.78, 5) is 32.1. The fraction of sp³-hybridized carbons (Fsp3) is 0.943. The maximum atomic E-state index is 12.3. The maximum Gasteiger partial charge on any atom is 0.403 e. The lowest BCUT2D eigenvalue weighted by atomic mass is 9.44. The standard InChI is InChI=1S/C35H62NO8P/c1-23(2)8-6-9-24(3)28-12-13-29-27-11-10-25-22-26(16-18-34(25,4)30(27)17-19-35(28,29)5)43-20-7-21-44-45(41,42)36-31(33(39)40)14-15-32(37)38/h23-31H,6-22H2,1-5H3,(H,37,38)(H,39,40)(H2,36,41,42)/t24-,25?,26+,27?,28-,29?,30?,31-,34+,35-/m1/s1. The summed E-state index contributed by atoms with van der Waals surface area (Å²) in [6, 6.07) is -1.48. The van der Waals surface area contributed by atoms with Crippen LogP contribution in [0.15, 0.2) is 0 Å². The predicted octanol–water partition coefficient (Wildman–Crippen LogP) is 7.91. The second kappa shape index (κ2) is 15.5. The molecule has 0 aromatic heterocycles. The molecule has 0 spiro atoms. The average molecular weight is 656 g/mol. The van der Waals surface area contributed by atoms with Gasteiger partial charge in [0.05, 0.1) is 12.7 Å². The van der Waals surface area contributed by atoms with Crippen LogP contribution in [-0.2, 0) is 23.4 Å². The molecule has 0 heterocycles. The fourth-order valence-electron chi connectivity index (χ4n) is 10.6. The quantitative estimate of drug-likeness (QED) is 0.0908. The summed E-state index contributed by atoms with van der Waals surface area (Å²) in [5.41, 5.74) is 0.912. The van der Waals surface area contributed by atoms with E-state index >= 15 is 0 Å². The summed E-state index contributed by atoms with van der Waals surface area (Å²) >= 11 is 0. The Kier molecular flexibility index (Phi) is 12.7. The summed E-state index contributed by atoms with van der Waals surface area (Å²) in [6.45, 7) is 12.9. The molecule has 260 valence electrons. The van der Waals surface area contributed by atoms with Crippen LogP contribution in [0.1, 0.15) is 131 Å². The fourth-order valence-corrected chi connectivity index (χ4v) is 11.7. The van der Waals surface area contributed by atoms with Gasteiger partial charge in [-0.2, -0.15) is 0 Å². The number of aliphatic carboxylic acids is 2. The van der Waals surface area contributed by atoms with Crippen molar-refractivity contribution in [1.82, 2.24) is 5.09 Å². The molecule has 0 aromatic rings. The Bertz CT molecular complexity index is 1050. The Hall–Kier alpha value is -0.990. The van der Waals surface area contributed by atoms with Gasteiger partial charge < -0.3 is 19.8 Å². The predicted molar refractivity (Wildman–Crippen MR) is 175 cm³/mol.